The third kappa shape index (κ3) is 17.0. The molecule has 16 atom stereocenters. The highest BCUT2D eigenvalue weighted by Crippen LogP contribution is 2.47. The minimum atomic E-state index is -2.33. The Morgan fingerprint density at radius 1 is 0.743 bits per heavy atom. The summed E-state index contributed by atoms with van der Waals surface area (Å²) in [6.07, 6.45) is 11.0. The fourth-order valence-electron chi connectivity index (χ4n) is 10.7. The van der Waals surface area contributed by atoms with Gasteiger partial charge in [-0.15, -0.1) is 6.58 Å². The minimum Gasteiger partial charge on any atom is -0.469 e. The summed E-state index contributed by atoms with van der Waals surface area (Å²) in [7, 11) is -4.96. The van der Waals surface area contributed by atoms with Crippen LogP contribution in [0.4, 0.5) is 0 Å². The predicted molar refractivity (Wildman–Crippen MR) is 312 cm³/mol. The van der Waals surface area contributed by atoms with Crippen LogP contribution >= 0.6 is 0 Å². The van der Waals surface area contributed by atoms with Crippen LogP contribution in [-0.4, -0.2) is 111 Å². The van der Waals surface area contributed by atoms with Crippen molar-refractivity contribution >= 4 is 36.7 Å². The summed E-state index contributed by atoms with van der Waals surface area (Å²) < 4.78 is 53.9. The lowest BCUT2D eigenvalue weighted by Gasteiger charge is -2.52. The van der Waals surface area contributed by atoms with Gasteiger partial charge in [-0.2, -0.15) is 0 Å². The maximum Gasteiger partial charge on any atom is 0.305 e. The van der Waals surface area contributed by atoms with E-state index in [1.807, 2.05) is 12.2 Å². The van der Waals surface area contributed by atoms with Gasteiger partial charge in [0, 0.05) is 25.4 Å². The van der Waals surface area contributed by atoms with Crippen molar-refractivity contribution in [2.24, 2.45) is 35.5 Å². The lowest BCUT2D eigenvalue weighted by Crippen LogP contribution is -2.60. The van der Waals surface area contributed by atoms with Crippen molar-refractivity contribution in [1.29, 1.82) is 0 Å². The number of esters is 1. The molecule has 0 bridgehead atoms. The van der Waals surface area contributed by atoms with E-state index in [2.05, 4.69) is 156 Å². The van der Waals surface area contributed by atoms with Gasteiger partial charge in [0.15, 0.2) is 30.7 Å². The van der Waals surface area contributed by atoms with Crippen molar-refractivity contribution in [3.8, 4) is 0 Å². The van der Waals surface area contributed by atoms with E-state index in [0.717, 1.165) is 49.7 Å². The Hall–Kier alpha value is -1.53. The van der Waals surface area contributed by atoms with Crippen LogP contribution in [0.2, 0.25) is 54.4 Å². The molecule has 4 saturated heterocycles. The Kier molecular flexibility index (Phi) is 23.0. The zero-order chi connectivity index (χ0) is 56.1. The molecule has 426 valence electrons. The maximum atomic E-state index is 13.9. The molecule has 1 unspecified atom stereocenters. The first-order valence-corrected chi connectivity index (χ1v) is 37.5. The summed E-state index contributed by atoms with van der Waals surface area (Å²) in [5.74, 6) is 1.13. The van der Waals surface area contributed by atoms with Gasteiger partial charge < -0.3 is 37.0 Å². The van der Waals surface area contributed by atoms with Gasteiger partial charge in [0.25, 0.3) is 0 Å². The number of carbonyl (C=O) groups excluding carboxylic acids is 2. The number of hydrogen-bond acceptors (Lipinski definition) is 10. The third-order valence-corrected chi connectivity index (χ3v) is 32.8. The Bertz CT molecular complexity index is 1910. The zero-order valence-electron chi connectivity index (χ0n) is 51.0. The van der Waals surface area contributed by atoms with Crippen molar-refractivity contribution in [3.63, 3.8) is 0 Å². The van der Waals surface area contributed by atoms with E-state index in [9.17, 15) is 9.59 Å². The van der Waals surface area contributed by atoms with Crippen molar-refractivity contribution in [1.82, 2.24) is 0 Å². The van der Waals surface area contributed by atoms with Crippen molar-refractivity contribution in [2.75, 3.05) is 13.7 Å². The van der Waals surface area contributed by atoms with Crippen molar-refractivity contribution < 1.29 is 46.6 Å². The lowest BCUT2D eigenvalue weighted by atomic mass is 9.79. The molecule has 4 rings (SSSR count). The van der Waals surface area contributed by atoms with Gasteiger partial charge in [0.05, 0.1) is 68.5 Å². The second kappa shape index (κ2) is 26.2. The van der Waals surface area contributed by atoms with Gasteiger partial charge in [0.1, 0.15) is 6.10 Å². The quantitative estimate of drug-likeness (QED) is 0.0401. The predicted octanol–water partition coefficient (Wildman–Crippen LogP) is 15.2. The number of methoxy groups -OCH3 is 1. The Labute approximate surface area is 456 Å². The molecule has 4 heterocycles. The van der Waals surface area contributed by atoms with Crippen LogP contribution in [0.3, 0.4) is 0 Å². The molecule has 74 heavy (non-hydrogen) atoms. The maximum absolute atomic E-state index is 13.9. The summed E-state index contributed by atoms with van der Waals surface area (Å²) in [6, 6.07) is 0. The topological polar surface area (TPSA) is 108 Å². The first-order chi connectivity index (χ1) is 33.9. The standard InChI is InChI=1S/C61H110O10Si3/c1-25-26-51-43(6)44(7)57(71-74(23,24)61(15,16)17)58(69-51)52(70-73(21,22)60(12,13)14)31-28-46(62)27-29-47-35-41(4)50(66-47)32-30-48-34-40(3)42(5)54(67-48)37-55-49(36-56(63)64-18)45(8)53(68-55)33-39(2)38-65-72(19,20)59(9,10)11/h25,28,31,39-40,43-45,47-55,57-58H,1,4-5,26-27,29-30,32-38H2,2-3,6-24H3/b31-28+/t39-,40+,43+,44-,45+,47-,48?,49+,50-,51-,52-,53+,54+,55-,57-,58-/m0/s1. The smallest absolute Gasteiger partial charge is 0.305 e. The highest BCUT2D eigenvalue weighted by Gasteiger charge is 2.52. The van der Waals surface area contributed by atoms with Gasteiger partial charge in [-0.25, -0.2) is 0 Å². The Morgan fingerprint density at radius 3 is 1.93 bits per heavy atom. The van der Waals surface area contributed by atoms with Crippen LogP contribution in [-0.2, 0) is 46.6 Å². The third-order valence-electron chi connectivity index (χ3n) is 19.4. The molecule has 0 aliphatic carbocycles. The summed E-state index contributed by atoms with van der Waals surface area (Å²) in [5, 5.41) is 0.118. The molecule has 0 spiro atoms. The number of ketones is 1. The van der Waals surface area contributed by atoms with E-state index in [1.54, 1.807) is 6.08 Å². The number of carbonyl (C=O) groups is 2. The molecule has 10 nitrogen and oxygen atoms in total. The molecular formula is C61H110O10Si3. The van der Waals surface area contributed by atoms with Crippen LogP contribution in [0, 0.1) is 35.5 Å². The zero-order valence-corrected chi connectivity index (χ0v) is 54.0. The van der Waals surface area contributed by atoms with Crippen molar-refractivity contribution in [2.45, 2.75) is 277 Å². The molecule has 4 aliphatic rings. The highest BCUT2D eigenvalue weighted by atomic mass is 28.4. The molecule has 4 aliphatic heterocycles. The van der Waals surface area contributed by atoms with E-state index in [4.69, 9.17) is 37.0 Å². The molecule has 13 heteroatoms. The van der Waals surface area contributed by atoms with Crippen LogP contribution < -0.4 is 0 Å². The summed E-state index contributed by atoms with van der Waals surface area (Å²) in [6.45, 7) is 59.3. The average molecular weight is 1090 g/mol. The van der Waals surface area contributed by atoms with Gasteiger partial charge >= 0.3 is 5.97 Å². The molecule has 4 fully saturated rings. The fourth-order valence-corrected chi connectivity index (χ4v) is 14.4. The monoisotopic (exact) mass is 1090 g/mol. The Balaban J connectivity index is 1.40. The SMILES string of the molecule is C=CC[C@@H]1O[C@@H]([C@H](/C=C/C(=O)CC[C@H]2CC(=C)[C@H](CCC3C[C@@H](C)C(=C)[C@@H](C[C@@H]4O[C@H](C[C@H](C)CO[Si](C)(C)C(C)(C)C)[C@H](C)[C@H]4CC(=O)OC)O3)O2)O[Si](C)(C)C(C)(C)C)[C@@H](O[Si](C)(C)C(C)(C)C)[C@@H](C)[C@H]1C. The number of hydrogen-bond donors (Lipinski definition) is 0. The molecule has 0 saturated carbocycles. The fraction of sp³-hybridized carbons (Fsp3) is 0.836. The second-order valence-electron chi connectivity index (χ2n) is 28.2. The second-order valence-corrected chi connectivity index (χ2v) is 42.6. The van der Waals surface area contributed by atoms with Crippen LogP contribution in [0.25, 0.3) is 0 Å². The molecule has 0 aromatic heterocycles. The first kappa shape index (κ1) is 65.0. The summed E-state index contributed by atoms with van der Waals surface area (Å²) in [4.78, 5) is 26.7. The molecule has 0 N–H and O–H groups in total. The van der Waals surface area contributed by atoms with Gasteiger partial charge in [-0.3, -0.25) is 9.59 Å². The number of ether oxygens (including phenoxy) is 5. The van der Waals surface area contributed by atoms with Crippen molar-refractivity contribution in [3.05, 3.63) is 49.1 Å². The highest BCUT2D eigenvalue weighted by molar-refractivity contribution is 6.75. The normalized spacial score (nSPS) is 32.8. The first-order valence-electron chi connectivity index (χ1n) is 28.8. The molecule has 0 radical (unpaired) electrons. The largest absolute Gasteiger partial charge is 0.469 e. The van der Waals surface area contributed by atoms with E-state index in [1.165, 1.54) is 7.11 Å². The van der Waals surface area contributed by atoms with Crippen LogP contribution in [0.5, 0.6) is 0 Å². The molecule has 0 amide bonds. The average Bonchev–Trinajstić information content (AvgIpc) is 3.78. The number of allylic oxidation sites excluding steroid dienone is 1. The van der Waals surface area contributed by atoms with Gasteiger partial charge in [-0.1, -0.05) is 122 Å². The molecular weight excluding hydrogens is 977 g/mol. The Morgan fingerprint density at radius 2 is 1.35 bits per heavy atom. The van der Waals surface area contributed by atoms with Crippen LogP contribution in [0.15, 0.2) is 49.1 Å². The summed E-state index contributed by atoms with van der Waals surface area (Å²) >= 11 is 0. The van der Waals surface area contributed by atoms with E-state index in [-0.39, 0.29) is 111 Å². The van der Waals surface area contributed by atoms with E-state index >= 15 is 0 Å². The van der Waals surface area contributed by atoms with Crippen LogP contribution in [0.1, 0.15) is 161 Å². The van der Waals surface area contributed by atoms with Gasteiger partial charge in [-0.05, 0) is 146 Å². The number of rotatable bonds is 24. The van der Waals surface area contributed by atoms with E-state index < -0.39 is 31.1 Å². The lowest BCUT2D eigenvalue weighted by molar-refractivity contribution is -0.184. The molecule has 0 aromatic rings. The molecule has 0 aromatic carbocycles. The minimum absolute atomic E-state index is 0.0145. The summed E-state index contributed by atoms with van der Waals surface area (Å²) in [5.41, 5.74) is 2.18. The van der Waals surface area contributed by atoms with E-state index in [0.29, 0.717) is 38.2 Å². The van der Waals surface area contributed by atoms with Gasteiger partial charge in [0.2, 0.25) is 0 Å².